The van der Waals surface area contributed by atoms with Crippen LogP contribution in [0.1, 0.15) is 31.7 Å². The van der Waals surface area contributed by atoms with Gasteiger partial charge < -0.3 is 9.47 Å². The van der Waals surface area contributed by atoms with Gasteiger partial charge in [0.25, 0.3) is 0 Å². The lowest BCUT2D eigenvalue weighted by atomic mass is 10.1. The zero-order chi connectivity index (χ0) is 19.6. The Hall–Kier alpha value is -2.32. The van der Waals surface area contributed by atoms with Crippen LogP contribution in [0.25, 0.3) is 0 Å². The van der Waals surface area contributed by atoms with Crippen LogP contribution in [0.5, 0.6) is 0 Å². The fraction of sp³-hybridized carbons (Fsp3) is 0.211. The first-order valence-corrected chi connectivity index (χ1v) is 9.80. The predicted octanol–water partition coefficient (Wildman–Crippen LogP) is 3.80. The number of methoxy groups -OCH3 is 2. The average molecular weight is 450 g/mol. The second-order valence-electron chi connectivity index (χ2n) is 5.70. The first kappa shape index (κ1) is 19.4. The fourth-order valence-electron chi connectivity index (χ4n) is 2.83. The van der Waals surface area contributed by atoms with Gasteiger partial charge in [-0.1, -0.05) is 34.1 Å². The summed E-state index contributed by atoms with van der Waals surface area (Å²) in [4.78, 5) is 38.3. The third kappa shape index (κ3) is 3.86. The van der Waals surface area contributed by atoms with E-state index in [4.69, 9.17) is 9.47 Å². The van der Waals surface area contributed by atoms with Crippen LogP contribution in [0.3, 0.4) is 0 Å². The number of nitrogens with zero attached hydrogens (tertiary/aromatic N) is 1. The number of hydrogen-bond acceptors (Lipinski definition) is 6. The largest absolute Gasteiger partial charge is 0.465 e. The smallest absolute Gasteiger partial charge is 0.337 e. The number of halogens is 1. The molecule has 1 saturated heterocycles. The first-order chi connectivity index (χ1) is 13.0. The molecule has 2 aromatic carbocycles. The summed E-state index contributed by atoms with van der Waals surface area (Å²) in [5, 5.41) is -0.286. The van der Waals surface area contributed by atoms with Crippen LogP contribution in [0.2, 0.25) is 0 Å². The second-order valence-corrected chi connectivity index (χ2v) is 7.62. The zero-order valence-electron chi connectivity index (χ0n) is 14.6. The minimum Gasteiger partial charge on any atom is -0.465 e. The van der Waals surface area contributed by atoms with Crippen molar-refractivity contribution in [2.75, 3.05) is 24.9 Å². The minimum absolute atomic E-state index is 0.112. The molecule has 0 unspecified atom stereocenters. The van der Waals surface area contributed by atoms with Gasteiger partial charge in [-0.2, -0.15) is 0 Å². The van der Waals surface area contributed by atoms with Crippen LogP contribution in [0.4, 0.5) is 5.69 Å². The van der Waals surface area contributed by atoms with Gasteiger partial charge in [-0.3, -0.25) is 9.69 Å². The maximum absolute atomic E-state index is 12.6. The first-order valence-electron chi connectivity index (χ1n) is 7.96. The normalized spacial score (nSPS) is 16.3. The number of amides is 1. The Morgan fingerprint density at radius 2 is 1.67 bits per heavy atom. The average Bonchev–Trinajstić information content (AvgIpc) is 3.07. The van der Waals surface area contributed by atoms with Gasteiger partial charge in [0, 0.05) is 10.2 Å². The van der Waals surface area contributed by atoms with E-state index in [0.717, 1.165) is 10.0 Å². The van der Waals surface area contributed by atoms with Crippen molar-refractivity contribution in [3.05, 3.63) is 63.6 Å². The number of anilines is 1. The molecule has 0 bridgehead atoms. The molecule has 1 aliphatic rings. The lowest BCUT2D eigenvalue weighted by Crippen LogP contribution is -2.28. The van der Waals surface area contributed by atoms with Crippen LogP contribution in [0.15, 0.2) is 46.9 Å². The summed E-state index contributed by atoms with van der Waals surface area (Å²) in [6.07, 6.45) is 0. The second kappa shape index (κ2) is 8.14. The Morgan fingerprint density at radius 1 is 1.07 bits per heavy atom. The van der Waals surface area contributed by atoms with Crippen molar-refractivity contribution >= 4 is 51.2 Å². The van der Waals surface area contributed by atoms with E-state index in [9.17, 15) is 14.4 Å². The summed E-state index contributed by atoms with van der Waals surface area (Å²) in [5.41, 5.74) is 1.71. The molecule has 0 aromatic heterocycles. The molecule has 1 aliphatic heterocycles. The summed E-state index contributed by atoms with van der Waals surface area (Å²) in [6.45, 7) is 0. The predicted molar refractivity (Wildman–Crippen MR) is 106 cm³/mol. The SMILES string of the molecule is COC(=O)c1cc(C(=O)OC)cc(N2C(=O)CS[C@@H]2c2ccccc2Br)c1. The van der Waals surface area contributed by atoms with E-state index in [1.54, 1.807) is 17.0 Å². The third-order valence-electron chi connectivity index (χ3n) is 4.08. The Balaban J connectivity index is 2.12. The number of hydrogen-bond donors (Lipinski definition) is 0. The van der Waals surface area contributed by atoms with Crippen LogP contribution in [0, 0.1) is 0 Å². The summed E-state index contributed by atoms with van der Waals surface area (Å²) in [5.74, 6) is -1.02. The maximum atomic E-state index is 12.6. The van der Waals surface area contributed by atoms with Gasteiger partial charge in [0.2, 0.25) is 5.91 Å². The molecule has 1 heterocycles. The van der Waals surface area contributed by atoms with Crippen LogP contribution in [-0.2, 0) is 14.3 Å². The fourth-order valence-corrected chi connectivity index (χ4v) is 4.70. The molecule has 0 radical (unpaired) electrons. The number of carbonyl (C=O) groups excluding carboxylic acids is 3. The summed E-state index contributed by atoms with van der Waals surface area (Å²) in [6, 6.07) is 12.1. The molecule has 140 valence electrons. The van der Waals surface area contributed by atoms with Crippen molar-refractivity contribution in [3.63, 3.8) is 0 Å². The molecule has 0 saturated carbocycles. The van der Waals surface area contributed by atoms with Gasteiger partial charge >= 0.3 is 11.9 Å². The third-order valence-corrected chi connectivity index (χ3v) is 5.99. The molecule has 0 aliphatic carbocycles. The molecule has 1 amide bonds. The number of benzene rings is 2. The van der Waals surface area contributed by atoms with Gasteiger partial charge in [0.15, 0.2) is 0 Å². The van der Waals surface area contributed by atoms with E-state index in [2.05, 4.69) is 15.9 Å². The number of esters is 2. The van der Waals surface area contributed by atoms with Crippen molar-refractivity contribution in [1.82, 2.24) is 0 Å². The monoisotopic (exact) mass is 449 g/mol. The highest BCUT2D eigenvalue weighted by Crippen LogP contribution is 2.44. The van der Waals surface area contributed by atoms with Crippen molar-refractivity contribution < 1.29 is 23.9 Å². The van der Waals surface area contributed by atoms with Gasteiger partial charge in [-0.25, -0.2) is 9.59 Å². The molecule has 3 rings (SSSR count). The maximum Gasteiger partial charge on any atom is 0.337 e. The molecule has 8 heteroatoms. The Kier molecular flexibility index (Phi) is 5.86. The van der Waals surface area contributed by atoms with Crippen molar-refractivity contribution in [2.45, 2.75) is 5.37 Å². The van der Waals surface area contributed by atoms with E-state index < -0.39 is 11.9 Å². The van der Waals surface area contributed by atoms with E-state index in [1.165, 1.54) is 32.0 Å². The molecule has 2 aromatic rings. The van der Waals surface area contributed by atoms with Gasteiger partial charge in [-0.15, -0.1) is 11.8 Å². The lowest BCUT2D eigenvalue weighted by molar-refractivity contribution is -0.115. The van der Waals surface area contributed by atoms with E-state index in [0.29, 0.717) is 11.4 Å². The van der Waals surface area contributed by atoms with Crippen molar-refractivity contribution in [3.8, 4) is 0 Å². The zero-order valence-corrected chi connectivity index (χ0v) is 17.0. The molecule has 27 heavy (non-hydrogen) atoms. The molecule has 1 fully saturated rings. The van der Waals surface area contributed by atoms with E-state index >= 15 is 0 Å². The minimum atomic E-state index is -0.598. The molecule has 6 nitrogen and oxygen atoms in total. The highest BCUT2D eigenvalue weighted by molar-refractivity contribution is 9.10. The number of thioether (sulfide) groups is 1. The van der Waals surface area contributed by atoms with E-state index in [-0.39, 0.29) is 22.4 Å². The molecular weight excluding hydrogens is 434 g/mol. The molecule has 0 N–H and O–H groups in total. The number of ether oxygens (including phenoxy) is 2. The van der Waals surface area contributed by atoms with Gasteiger partial charge in [0.05, 0.1) is 31.1 Å². The highest BCUT2D eigenvalue weighted by atomic mass is 79.9. The summed E-state index contributed by atoms with van der Waals surface area (Å²) >= 11 is 5.00. The van der Waals surface area contributed by atoms with Gasteiger partial charge in [0.1, 0.15) is 5.37 Å². The van der Waals surface area contributed by atoms with Crippen LogP contribution >= 0.6 is 27.7 Å². The standard InChI is InChI=1S/C19H16BrNO5S/c1-25-18(23)11-7-12(19(24)26-2)9-13(8-11)21-16(22)10-27-17(21)14-5-3-4-6-15(14)20/h3-9,17H,10H2,1-2H3/t17-/m1/s1. The quantitative estimate of drug-likeness (QED) is 0.660. The molecule has 0 spiro atoms. The topological polar surface area (TPSA) is 72.9 Å². The van der Waals surface area contributed by atoms with Crippen molar-refractivity contribution in [2.24, 2.45) is 0 Å². The highest BCUT2D eigenvalue weighted by Gasteiger charge is 2.35. The number of rotatable bonds is 4. The summed E-state index contributed by atoms with van der Waals surface area (Å²) < 4.78 is 10.4. The Bertz CT molecular complexity index is 882. The Labute approximate surface area is 168 Å². The van der Waals surface area contributed by atoms with Crippen LogP contribution < -0.4 is 4.90 Å². The van der Waals surface area contributed by atoms with Gasteiger partial charge in [-0.05, 0) is 29.8 Å². The van der Waals surface area contributed by atoms with Crippen molar-refractivity contribution in [1.29, 1.82) is 0 Å². The lowest BCUT2D eigenvalue weighted by Gasteiger charge is -2.26. The van der Waals surface area contributed by atoms with Crippen LogP contribution in [-0.4, -0.2) is 37.8 Å². The summed E-state index contributed by atoms with van der Waals surface area (Å²) in [7, 11) is 2.52. The molecular formula is C19H16BrNO5S. The number of carbonyl (C=O) groups is 3. The Morgan fingerprint density at radius 3 is 2.22 bits per heavy atom. The van der Waals surface area contributed by atoms with E-state index in [1.807, 2.05) is 24.3 Å². The molecule has 1 atom stereocenters.